The molecule has 1 atom stereocenters. The summed E-state index contributed by atoms with van der Waals surface area (Å²) in [4.78, 5) is 2.69. The third-order valence-electron chi connectivity index (χ3n) is 5.67. The van der Waals surface area contributed by atoms with Crippen LogP contribution in [0.25, 0.3) is 0 Å². The maximum atomic E-state index is 6.14. The standard InChI is InChI=1S/C23H32N2/c1-2-25(17-8-4-7-12-19-10-5-3-6-11-19)21-15-16-22-20(18-21)13-9-14-23(22)24/h3,5-6,9-11,13-14,21H,2,4,7-8,12,15-18,24H2,1H3. The third kappa shape index (κ3) is 4.85. The zero-order valence-electron chi connectivity index (χ0n) is 15.6. The molecule has 0 fully saturated rings. The summed E-state index contributed by atoms with van der Waals surface area (Å²) in [6.45, 7) is 4.69. The van der Waals surface area contributed by atoms with Gasteiger partial charge in [-0.2, -0.15) is 0 Å². The Kier molecular flexibility index (Phi) is 6.52. The Bertz CT molecular complexity index is 650. The summed E-state index contributed by atoms with van der Waals surface area (Å²) in [5.41, 5.74) is 11.5. The normalized spacial score (nSPS) is 16.8. The first-order valence-corrected chi connectivity index (χ1v) is 9.92. The van der Waals surface area contributed by atoms with E-state index in [9.17, 15) is 0 Å². The molecule has 1 unspecified atom stereocenters. The highest BCUT2D eigenvalue weighted by molar-refractivity contribution is 5.52. The van der Waals surface area contributed by atoms with E-state index in [1.807, 2.05) is 6.07 Å². The van der Waals surface area contributed by atoms with E-state index in [0.29, 0.717) is 6.04 Å². The molecule has 2 aromatic carbocycles. The van der Waals surface area contributed by atoms with Crippen molar-refractivity contribution in [2.24, 2.45) is 0 Å². The summed E-state index contributed by atoms with van der Waals surface area (Å²) in [5.74, 6) is 0. The lowest BCUT2D eigenvalue weighted by Crippen LogP contribution is -2.40. The average molecular weight is 337 g/mol. The van der Waals surface area contributed by atoms with Gasteiger partial charge in [0.15, 0.2) is 0 Å². The second kappa shape index (κ2) is 9.05. The van der Waals surface area contributed by atoms with E-state index < -0.39 is 0 Å². The lowest BCUT2D eigenvalue weighted by molar-refractivity contribution is 0.185. The van der Waals surface area contributed by atoms with E-state index in [2.05, 4.69) is 54.3 Å². The van der Waals surface area contributed by atoms with E-state index in [4.69, 9.17) is 5.73 Å². The molecule has 1 aliphatic rings. The van der Waals surface area contributed by atoms with Crippen LogP contribution in [0.4, 0.5) is 5.69 Å². The number of nitrogen functional groups attached to an aromatic ring is 1. The van der Waals surface area contributed by atoms with Gasteiger partial charge in [-0.25, -0.2) is 0 Å². The van der Waals surface area contributed by atoms with Crippen molar-refractivity contribution in [3.8, 4) is 0 Å². The van der Waals surface area contributed by atoms with E-state index in [0.717, 1.165) is 25.1 Å². The molecule has 0 bridgehead atoms. The van der Waals surface area contributed by atoms with Crippen molar-refractivity contribution in [3.05, 3.63) is 65.2 Å². The van der Waals surface area contributed by atoms with Crippen molar-refractivity contribution in [2.75, 3.05) is 18.8 Å². The van der Waals surface area contributed by atoms with Gasteiger partial charge in [0.1, 0.15) is 0 Å². The highest BCUT2D eigenvalue weighted by Gasteiger charge is 2.23. The van der Waals surface area contributed by atoms with Crippen LogP contribution in [-0.4, -0.2) is 24.0 Å². The monoisotopic (exact) mass is 336 g/mol. The van der Waals surface area contributed by atoms with Crippen LogP contribution in [0.1, 0.15) is 49.3 Å². The van der Waals surface area contributed by atoms with Gasteiger partial charge in [0, 0.05) is 11.7 Å². The van der Waals surface area contributed by atoms with Gasteiger partial charge in [-0.05, 0) is 74.4 Å². The molecule has 2 heteroatoms. The number of benzene rings is 2. The van der Waals surface area contributed by atoms with Crippen molar-refractivity contribution >= 4 is 5.69 Å². The third-order valence-corrected chi connectivity index (χ3v) is 5.67. The van der Waals surface area contributed by atoms with Crippen molar-refractivity contribution in [3.63, 3.8) is 0 Å². The van der Waals surface area contributed by atoms with E-state index in [1.54, 1.807) is 0 Å². The Hall–Kier alpha value is -1.80. The average Bonchev–Trinajstić information content (AvgIpc) is 2.65. The number of unbranched alkanes of at least 4 members (excludes halogenated alkanes) is 2. The van der Waals surface area contributed by atoms with Crippen LogP contribution in [0.3, 0.4) is 0 Å². The van der Waals surface area contributed by atoms with Gasteiger partial charge in [0.2, 0.25) is 0 Å². The molecule has 0 heterocycles. The molecule has 0 saturated heterocycles. The predicted molar refractivity (Wildman–Crippen MR) is 108 cm³/mol. The number of likely N-dealkylation sites (N-methyl/N-ethyl adjacent to an activating group) is 1. The molecule has 0 aliphatic heterocycles. The fourth-order valence-corrected chi connectivity index (χ4v) is 4.19. The number of nitrogens with two attached hydrogens (primary N) is 1. The van der Waals surface area contributed by atoms with Crippen molar-refractivity contribution in [1.29, 1.82) is 0 Å². The quantitative estimate of drug-likeness (QED) is 0.551. The van der Waals surface area contributed by atoms with Crippen molar-refractivity contribution < 1.29 is 0 Å². The molecule has 134 valence electrons. The molecule has 3 rings (SSSR count). The lowest BCUT2D eigenvalue weighted by Gasteiger charge is -2.35. The van der Waals surface area contributed by atoms with Crippen LogP contribution in [0.15, 0.2) is 48.5 Å². The Morgan fingerprint density at radius 3 is 2.64 bits per heavy atom. The largest absolute Gasteiger partial charge is 0.398 e. The van der Waals surface area contributed by atoms with Crippen molar-refractivity contribution in [2.45, 2.75) is 57.9 Å². The predicted octanol–water partition coefficient (Wildman–Crippen LogP) is 4.86. The molecule has 2 aromatic rings. The Morgan fingerprint density at radius 2 is 1.84 bits per heavy atom. The number of fused-ring (bicyclic) bond motifs is 1. The topological polar surface area (TPSA) is 29.3 Å². The van der Waals surface area contributed by atoms with Crippen LogP contribution < -0.4 is 5.73 Å². The van der Waals surface area contributed by atoms with Crippen LogP contribution >= 0.6 is 0 Å². The van der Waals surface area contributed by atoms with Gasteiger partial charge >= 0.3 is 0 Å². The summed E-state index contributed by atoms with van der Waals surface area (Å²) < 4.78 is 0. The summed E-state index contributed by atoms with van der Waals surface area (Å²) in [6.07, 6.45) is 8.69. The van der Waals surface area contributed by atoms with Gasteiger partial charge in [0.25, 0.3) is 0 Å². The SMILES string of the molecule is CCN(CCCCCc1ccccc1)C1CCc2c(N)cccc2C1. The zero-order chi connectivity index (χ0) is 17.5. The second-order valence-corrected chi connectivity index (χ2v) is 7.31. The van der Waals surface area contributed by atoms with Crippen LogP contribution in [0.2, 0.25) is 0 Å². The molecular weight excluding hydrogens is 304 g/mol. The van der Waals surface area contributed by atoms with E-state index >= 15 is 0 Å². The molecule has 0 saturated carbocycles. The zero-order valence-corrected chi connectivity index (χ0v) is 15.6. The first-order valence-electron chi connectivity index (χ1n) is 9.92. The Morgan fingerprint density at radius 1 is 1.00 bits per heavy atom. The van der Waals surface area contributed by atoms with Crippen LogP contribution in [-0.2, 0) is 19.3 Å². The van der Waals surface area contributed by atoms with Gasteiger partial charge < -0.3 is 10.6 Å². The van der Waals surface area contributed by atoms with Gasteiger partial charge in [-0.3, -0.25) is 0 Å². The number of hydrogen-bond acceptors (Lipinski definition) is 2. The summed E-state index contributed by atoms with van der Waals surface area (Å²) in [5, 5.41) is 0. The Balaban J connectivity index is 1.43. The molecule has 2 N–H and O–H groups in total. The highest BCUT2D eigenvalue weighted by atomic mass is 15.1. The fraction of sp³-hybridized carbons (Fsp3) is 0.478. The summed E-state index contributed by atoms with van der Waals surface area (Å²) >= 11 is 0. The molecule has 25 heavy (non-hydrogen) atoms. The molecule has 0 aromatic heterocycles. The van der Waals surface area contributed by atoms with Gasteiger partial charge in [0.05, 0.1) is 0 Å². The summed E-state index contributed by atoms with van der Waals surface area (Å²) in [7, 11) is 0. The number of anilines is 1. The lowest BCUT2D eigenvalue weighted by atomic mass is 9.86. The first kappa shape index (κ1) is 18.0. The smallest absolute Gasteiger partial charge is 0.0349 e. The minimum absolute atomic E-state index is 0.688. The Labute approximate surface area is 153 Å². The van der Waals surface area contributed by atoms with Gasteiger partial charge in [-0.15, -0.1) is 0 Å². The summed E-state index contributed by atoms with van der Waals surface area (Å²) in [6, 6.07) is 18.0. The number of aryl methyl sites for hydroxylation is 1. The highest BCUT2D eigenvalue weighted by Crippen LogP contribution is 2.28. The second-order valence-electron chi connectivity index (χ2n) is 7.31. The minimum Gasteiger partial charge on any atom is -0.398 e. The molecule has 2 nitrogen and oxygen atoms in total. The minimum atomic E-state index is 0.688. The first-order chi connectivity index (χ1) is 12.3. The van der Waals surface area contributed by atoms with Gasteiger partial charge in [-0.1, -0.05) is 55.8 Å². The fourth-order valence-electron chi connectivity index (χ4n) is 4.19. The molecule has 0 radical (unpaired) electrons. The van der Waals surface area contributed by atoms with Crippen molar-refractivity contribution in [1.82, 2.24) is 4.90 Å². The molecule has 0 amide bonds. The molecule has 1 aliphatic carbocycles. The molecule has 0 spiro atoms. The van der Waals surface area contributed by atoms with Crippen LogP contribution in [0.5, 0.6) is 0 Å². The number of hydrogen-bond donors (Lipinski definition) is 1. The maximum Gasteiger partial charge on any atom is 0.0349 e. The number of rotatable bonds is 8. The van der Waals surface area contributed by atoms with E-state index in [1.165, 1.54) is 55.3 Å². The maximum absolute atomic E-state index is 6.14. The number of nitrogens with zero attached hydrogens (tertiary/aromatic N) is 1. The molecular formula is C23H32N2. The van der Waals surface area contributed by atoms with E-state index in [-0.39, 0.29) is 0 Å². The van der Waals surface area contributed by atoms with Crippen LogP contribution in [0, 0.1) is 0 Å².